The van der Waals surface area contributed by atoms with Crippen LogP contribution in [-0.2, 0) is 6.54 Å². The van der Waals surface area contributed by atoms with Gasteiger partial charge in [0.05, 0.1) is 0 Å². The molecule has 0 bridgehead atoms. The normalized spacial score (nSPS) is 18.4. The summed E-state index contributed by atoms with van der Waals surface area (Å²) in [6.45, 7) is 11.3. The average Bonchev–Trinajstić information content (AvgIpc) is 2.39. The first-order valence-electron chi connectivity index (χ1n) is 7.36. The summed E-state index contributed by atoms with van der Waals surface area (Å²) in [6.07, 6.45) is 0. The van der Waals surface area contributed by atoms with Crippen LogP contribution in [0.4, 0.5) is 0 Å². The van der Waals surface area contributed by atoms with Gasteiger partial charge in [0.2, 0.25) is 0 Å². The Morgan fingerprint density at radius 1 is 1.20 bits per heavy atom. The van der Waals surface area contributed by atoms with Gasteiger partial charge in [0.1, 0.15) is 0 Å². The fourth-order valence-corrected chi connectivity index (χ4v) is 3.13. The molecule has 1 fully saturated rings. The lowest BCUT2D eigenvalue weighted by atomic mass is 10.0. The molecule has 3 nitrogen and oxygen atoms in total. The Kier molecular flexibility index (Phi) is 5.61. The minimum absolute atomic E-state index is 0.216. The van der Waals surface area contributed by atoms with Gasteiger partial charge in [-0.15, -0.1) is 0 Å². The zero-order valence-corrected chi connectivity index (χ0v) is 14.4. The van der Waals surface area contributed by atoms with Gasteiger partial charge in [0.25, 0.3) is 0 Å². The minimum atomic E-state index is 0.216. The standard InChI is InChI=1S/C16H26BrN3/c1-16(2,20-9-7-19(3)8-10-20)13-18-12-14-5-4-6-15(17)11-14/h4-6,11,18H,7-10,12-13H2,1-3H3. The molecule has 4 heteroatoms. The molecule has 0 spiro atoms. The third kappa shape index (κ3) is 4.55. The Bertz CT molecular complexity index is 425. The summed E-state index contributed by atoms with van der Waals surface area (Å²) in [5, 5.41) is 3.60. The van der Waals surface area contributed by atoms with E-state index in [1.165, 1.54) is 31.7 Å². The van der Waals surface area contributed by atoms with Crippen molar-refractivity contribution in [3.63, 3.8) is 0 Å². The Labute approximate surface area is 131 Å². The summed E-state index contributed by atoms with van der Waals surface area (Å²) in [6, 6.07) is 8.50. The summed E-state index contributed by atoms with van der Waals surface area (Å²) in [5.41, 5.74) is 1.54. The van der Waals surface area contributed by atoms with E-state index in [0.29, 0.717) is 0 Å². The number of rotatable bonds is 5. The highest BCUT2D eigenvalue weighted by Crippen LogP contribution is 2.16. The maximum Gasteiger partial charge on any atom is 0.0278 e. The van der Waals surface area contributed by atoms with Crippen molar-refractivity contribution in [2.24, 2.45) is 0 Å². The fraction of sp³-hybridized carbons (Fsp3) is 0.625. The van der Waals surface area contributed by atoms with Crippen molar-refractivity contribution in [1.82, 2.24) is 15.1 Å². The van der Waals surface area contributed by atoms with Crippen LogP contribution in [0.25, 0.3) is 0 Å². The molecule has 0 radical (unpaired) electrons. The number of piperazine rings is 1. The molecule has 0 amide bonds. The van der Waals surface area contributed by atoms with Crippen LogP contribution in [0.1, 0.15) is 19.4 Å². The van der Waals surface area contributed by atoms with Crippen LogP contribution in [0, 0.1) is 0 Å². The van der Waals surface area contributed by atoms with Gasteiger partial charge >= 0.3 is 0 Å². The highest BCUT2D eigenvalue weighted by Gasteiger charge is 2.28. The minimum Gasteiger partial charge on any atom is -0.311 e. The van der Waals surface area contributed by atoms with Gasteiger partial charge in [-0.3, -0.25) is 4.90 Å². The van der Waals surface area contributed by atoms with E-state index in [1.54, 1.807) is 0 Å². The SMILES string of the molecule is CN1CCN(C(C)(C)CNCc2cccc(Br)c2)CC1. The van der Waals surface area contributed by atoms with Gasteiger partial charge in [-0.25, -0.2) is 0 Å². The summed E-state index contributed by atoms with van der Waals surface area (Å²) >= 11 is 3.52. The van der Waals surface area contributed by atoms with Crippen LogP contribution in [0.15, 0.2) is 28.7 Å². The smallest absolute Gasteiger partial charge is 0.0278 e. The Morgan fingerprint density at radius 2 is 1.90 bits per heavy atom. The number of halogens is 1. The summed E-state index contributed by atoms with van der Waals surface area (Å²) in [5.74, 6) is 0. The lowest BCUT2D eigenvalue weighted by molar-refractivity contribution is 0.0618. The molecule has 20 heavy (non-hydrogen) atoms. The van der Waals surface area contributed by atoms with E-state index in [1.807, 2.05) is 0 Å². The number of hydrogen-bond acceptors (Lipinski definition) is 3. The maximum atomic E-state index is 3.60. The Balaban J connectivity index is 1.80. The van der Waals surface area contributed by atoms with Gasteiger partial charge in [0.15, 0.2) is 0 Å². The average molecular weight is 340 g/mol. The molecule has 1 aromatic rings. The molecule has 0 aromatic heterocycles. The van der Waals surface area contributed by atoms with E-state index >= 15 is 0 Å². The van der Waals surface area contributed by atoms with E-state index in [4.69, 9.17) is 0 Å². The van der Waals surface area contributed by atoms with E-state index in [0.717, 1.165) is 17.6 Å². The topological polar surface area (TPSA) is 18.5 Å². The molecule has 1 aliphatic rings. The number of benzene rings is 1. The fourth-order valence-electron chi connectivity index (χ4n) is 2.68. The molecular formula is C16H26BrN3. The Morgan fingerprint density at radius 3 is 2.55 bits per heavy atom. The number of likely N-dealkylation sites (N-methyl/N-ethyl adjacent to an activating group) is 1. The largest absolute Gasteiger partial charge is 0.311 e. The molecular weight excluding hydrogens is 314 g/mol. The van der Waals surface area contributed by atoms with Gasteiger partial charge in [-0.1, -0.05) is 28.1 Å². The van der Waals surface area contributed by atoms with E-state index < -0.39 is 0 Å². The summed E-state index contributed by atoms with van der Waals surface area (Å²) < 4.78 is 1.15. The van der Waals surface area contributed by atoms with E-state index in [2.05, 4.69) is 76.2 Å². The maximum absolute atomic E-state index is 3.60. The second kappa shape index (κ2) is 7.03. The first kappa shape index (κ1) is 16.0. The first-order valence-corrected chi connectivity index (χ1v) is 8.15. The molecule has 1 saturated heterocycles. The quantitative estimate of drug-likeness (QED) is 0.889. The molecule has 1 aliphatic heterocycles. The van der Waals surface area contributed by atoms with Crippen LogP contribution in [-0.4, -0.2) is 55.1 Å². The molecule has 1 N–H and O–H groups in total. The number of nitrogens with one attached hydrogen (secondary N) is 1. The first-order chi connectivity index (χ1) is 9.47. The number of hydrogen-bond donors (Lipinski definition) is 1. The highest BCUT2D eigenvalue weighted by molar-refractivity contribution is 9.10. The van der Waals surface area contributed by atoms with E-state index in [9.17, 15) is 0 Å². The van der Waals surface area contributed by atoms with Gasteiger partial charge in [-0.2, -0.15) is 0 Å². The summed E-state index contributed by atoms with van der Waals surface area (Å²) in [4.78, 5) is 5.00. The third-order valence-corrected chi connectivity index (χ3v) is 4.63. The van der Waals surface area contributed by atoms with Crippen molar-refractivity contribution in [2.75, 3.05) is 39.8 Å². The summed E-state index contributed by atoms with van der Waals surface area (Å²) in [7, 11) is 2.20. The van der Waals surface area contributed by atoms with Crippen LogP contribution in [0.5, 0.6) is 0 Å². The van der Waals surface area contributed by atoms with Crippen molar-refractivity contribution in [3.05, 3.63) is 34.3 Å². The van der Waals surface area contributed by atoms with Crippen molar-refractivity contribution < 1.29 is 0 Å². The predicted octanol–water partition coefficient (Wildman–Crippen LogP) is 2.56. The highest BCUT2D eigenvalue weighted by atomic mass is 79.9. The van der Waals surface area contributed by atoms with Gasteiger partial charge < -0.3 is 10.2 Å². The zero-order chi connectivity index (χ0) is 14.6. The molecule has 0 unspecified atom stereocenters. The third-order valence-electron chi connectivity index (χ3n) is 4.14. The molecule has 0 saturated carbocycles. The molecule has 2 rings (SSSR count). The molecule has 0 atom stereocenters. The second-order valence-electron chi connectivity index (χ2n) is 6.34. The van der Waals surface area contributed by atoms with Crippen molar-refractivity contribution in [1.29, 1.82) is 0 Å². The van der Waals surface area contributed by atoms with Gasteiger partial charge in [0, 0.05) is 49.3 Å². The van der Waals surface area contributed by atoms with Crippen molar-refractivity contribution in [3.8, 4) is 0 Å². The zero-order valence-electron chi connectivity index (χ0n) is 12.8. The van der Waals surface area contributed by atoms with Crippen molar-refractivity contribution >= 4 is 15.9 Å². The second-order valence-corrected chi connectivity index (χ2v) is 7.25. The molecule has 0 aliphatic carbocycles. The van der Waals surface area contributed by atoms with Gasteiger partial charge in [-0.05, 0) is 38.6 Å². The lowest BCUT2D eigenvalue weighted by Crippen LogP contribution is -2.57. The van der Waals surface area contributed by atoms with Crippen molar-refractivity contribution in [2.45, 2.75) is 25.9 Å². The molecule has 1 heterocycles. The van der Waals surface area contributed by atoms with Crippen LogP contribution in [0.3, 0.4) is 0 Å². The predicted molar refractivity (Wildman–Crippen MR) is 89.0 cm³/mol. The number of nitrogens with zero attached hydrogens (tertiary/aromatic N) is 2. The Hall–Kier alpha value is -0.420. The van der Waals surface area contributed by atoms with Crippen LogP contribution in [0.2, 0.25) is 0 Å². The monoisotopic (exact) mass is 339 g/mol. The van der Waals surface area contributed by atoms with E-state index in [-0.39, 0.29) is 5.54 Å². The lowest BCUT2D eigenvalue weighted by Gasteiger charge is -2.43. The van der Waals surface area contributed by atoms with Crippen LogP contribution >= 0.6 is 15.9 Å². The molecule has 1 aromatic carbocycles. The van der Waals surface area contributed by atoms with Crippen LogP contribution < -0.4 is 5.32 Å². The molecule has 112 valence electrons.